The van der Waals surface area contributed by atoms with Gasteiger partial charge in [0.1, 0.15) is 0 Å². The number of hydrogen-bond donors (Lipinski definition) is 2. The van der Waals surface area contributed by atoms with E-state index >= 15 is 0 Å². The molecule has 0 spiro atoms. The van der Waals surface area contributed by atoms with Gasteiger partial charge in [0.25, 0.3) is 5.91 Å². The molecule has 0 unspecified atom stereocenters. The molecule has 0 bridgehead atoms. The van der Waals surface area contributed by atoms with E-state index in [0.717, 1.165) is 36.1 Å². The van der Waals surface area contributed by atoms with Gasteiger partial charge in [-0.2, -0.15) is 13.5 Å². The number of nitrogens with one attached hydrogen (secondary N) is 1. The summed E-state index contributed by atoms with van der Waals surface area (Å²) in [6, 6.07) is 17.8. The third-order valence-electron chi connectivity index (χ3n) is 5.27. The number of carbonyl (C=O) groups excluding carboxylic acids is 1. The van der Waals surface area contributed by atoms with Gasteiger partial charge in [0, 0.05) is 42.8 Å². The fourth-order valence-electron chi connectivity index (χ4n) is 3.75. The number of fused-ring (bicyclic) bond motifs is 2. The van der Waals surface area contributed by atoms with Crippen LogP contribution in [0.4, 0.5) is 0 Å². The van der Waals surface area contributed by atoms with Crippen LogP contribution in [0.15, 0.2) is 54.6 Å². The first kappa shape index (κ1) is 21.3. The van der Waals surface area contributed by atoms with Crippen LogP contribution in [0.1, 0.15) is 27.2 Å². The molecule has 0 radical (unpaired) electrons. The van der Waals surface area contributed by atoms with Gasteiger partial charge in [0.2, 0.25) is 0 Å². The summed E-state index contributed by atoms with van der Waals surface area (Å²) >= 11 is 0. The number of aromatic nitrogens is 1. The van der Waals surface area contributed by atoms with Gasteiger partial charge < -0.3 is 10.4 Å². The van der Waals surface area contributed by atoms with Crippen molar-refractivity contribution >= 4 is 30.3 Å². The third kappa shape index (κ3) is 5.15. The zero-order chi connectivity index (χ0) is 19.5. The summed E-state index contributed by atoms with van der Waals surface area (Å²) in [7, 11) is 0. The van der Waals surface area contributed by atoms with E-state index in [1.54, 1.807) is 6.07 Å². The van der Waals surface area contributed by atoms with Gasteiger partial charge in [-0.15, -0.1) is 0 Å². The van der Waals surface area contributed by atoms with Crippen molar-refractivity contribution in [3.05, 3.63) is 77.0 Å². The van der Waals surface area contributed by atoms with Gasteiger partial charge >= 0.3 is 0 Å². The molecule has 1 aliphatic heterocycles. The SMILES string of the molecule is Cc1ccc2cc(C(=O)NC[C@H](O)CN3CCc4ccccc4C3)ccc2n1.S. The Morgan fingerprint density at radius 3 is 2.79 bits per heavy atom. The Morgan fingerprint density at radius 1 is 1.17 bits per heavy atom. The lowest BCUT2D eigenvalue weighted by Crippen LogP contribution is -2.42. The molecule has 0 fully saturated rings. The average Bonchev–Trinajstić information content (AvgIpc) is 2.71. The number of amides is 1. The monoisotopic (exact) mass is 409 g/mol. The van der Waals surface area contributed by atoms with E-state index in [4.69, 9.17) is 0 Å². The van der Waals surface area contributed by atoms with E-state index in [2.05, 4.69) is 39.5 Å². The smallest absolute Gasteiger partial charge is 0.251 e. The molecule has 3 aromatic rings. The number of carbonyl (C=O) groups is 1. The highest BCUT2D eigenvalue weighted by atomic mass is 32.1. The van der Waals surface area contributed by atoms with Crippen LogP contribution in [0.2, 0.25) is 0 Å². The maximum Gasteiger partial charge on any atom is 0.251 e. The Morgan fingerprint density at radius 2 is 1.97 bits per heavy atom. The highest BCUT2D eigenvalue weighted by Crippen LogP contribution is 2.18. The number of rotatable bonds is 5. The third-order valence-corrected chi connectivity index (χ3v) is 5.27. The summed E-state index contributed by atoms with van der Waals surface area (Å²) < 4.78 is 0. The van der Waals surface area contributed by atoms with Crippen molar-refractivity contribution in [1.29, 1.82) is 0 Å². The zero-order valence-electron chi connectivity index (χ0n) is 16.6. The first-order valence-electron chi connectivity index (χ1n) is 9.71. The van der Waals surface area contributed by atoms with Crippen LogP contribution >= 0.6 is 13.5 Å². The van der Waals surface area contributed by atoms with Crippen LogP contribution in [-0.4, -0.2) is 46.6 Å². The van der Waals surface area contributed by atoms with Gasteiger partial charge in [-0.25, -0.2) is 0 Å². The second-order valence-corrected chi connectivity index (χ2v) is 7.48. The predicted molar refractivity (Wildman–Crippen MR) is 121 cm³/mol. The summed E-state index contributed by atoms with van der Waals surface area (Å²) in [5.41, 5.74) is 5.12. The number of aliphatic hydroxyl groups is 1. The van der Waals surface area contributed by atoms with Crippen LogP contribution in [0.3, 0.4) is 0 Å². The topological polar surface area (TPSA) is 65.5 Å². The van der Waals surface area contributed by atoms with Gasteiger partial charge in [0.05, 0.1) is 11.6 Å². The van der Waals surface area contributed by atoms with Crippen LogP contribution in [0.25, 0.3) is 10.9 Å². The second-order valence-electron chi connectivity index (χ2n) is 7.48. The maximum atomic E-state index is 12.5. The van der Waals surface area contributed by atoms with E-state index < -0.39 is 6.10 Å². The van der Waals surface area contributed by atoms with Gasteiger partial charge in [0.15, 0.2) is 0 Å². The fourth-order valence-corrected chi connectivity index (χ4v) is 3.75. The lowest BCUT2D eigenvalue weighted by molar-refractivity contribution is 0.0842. The van der Waals surface area contributed by atoms with Crippen molar-refractivity contribution in [1.82, 2.24) is 15.2 Å². The lowest BCUT2D eigenvalue weighted by Gasteiger charge is -2.30. The van der Waals surface area contributed by atoms with Gasteiger partial charge in [-0.05, 0) is 48.7 Å². The van der Waals surface area contributed by atoms with E-state index in [1.807, 2.05) is 31.2 Å². The summed E-state index contributed by atoms with van der Waals surface area (Å²) in [6.45, 7) is 4.51. The van der Waals surface area contributed by atoms with Gasteiger partial charge in [-0.1, -0.05) is 30.3 Å². The summed E-state index contributed by atoms with van der Waals surface area (Å²) in [5, 5.41) is 14.2. The summed E-state index contributed by atoms with van der Waals surface area (Å²) in [6.07, 6.45) is 0.402. The largest absolute Gasteiger partial charge is 0.390 e. The van der Waals surface area contributed by atoms with Crippen LogP contribution in [0.5, 0.6) is 0 Å². The van der Waals surface area contributed by atoms with Crippen LogP contribution in [0, 0.1) is 6.92 Å². The molecule has 0 saturated heterocycles. The fraction of sp³-hybridized carbons (Fsp3) is 0.304. The molecule has 5 nitrogen and oxygen atoms in total. The molecule has 4 rings (SSSR count). The minimum Gasteiger partial charge on any atom is -0.390 e. The highest BCUT2D eigenvalue weighted by molar-refractivity contribution is 7.59. The molecular formula is C23H27N3O2S. The number of nitrogens with zero attached hydrogens (tertiary/aromatic N) is 2. The molecule has 1 amide bonds. The molecule has 2 N–H and O–H groups in total. The standard InChI is InChI=1S/C23H25N3O2.H2S/c1-16-6-7-18-12-19(8-9-22(18)25-16)23(28)24-13-21(27)15-26-11-10-17-4-2-3-5-20(17)14-26;/h2-9,12,21,27H,10-11,13-15H2,1H3,(H,24,28);1H2/t21-;/m0./s1. The Balaban J connectivity index is 0.00000240. The number of aryl methyl sites for hydroxylation is 1. The van der Waals surface area contributed by atoms with Crippen molar-refractivity contribution in [3.8, 4) is 0 Å². The van der Waals surface area contributed by atoms with Crippen molar-refractivity contribution in [2.24, 2.45) is 0 Å². The number of benzene rings is 2. The average molecular weight is 410 g/mol. The summed E-state index contributed by atoms with van der Waals surface area (Å²) in [4.78, 5) is 19.2. The predicted octanol–water partition coefficient (Wildman–Crippen LogP) is 2.81. The number of aliphatic hydroxyl groups excluding tert-OH is 1. The molecule has 0 aliphatic carbocycles. The Hall–Kier alpha value is -2.41. The minimum atomic E-state index is -0.598. The van der Waals surface area contributed by atoms with E-state index in [-0.39, 0.29) is 25.9 Å². The van der Waals surface area contributed by atoms with Crippen LogP contribution in [-0.2, 0) is 13.0 Å². The van der Waals surface area contributed by atoms with E-state index in [1.165, 1.54) is 11.1 Å². The maximum absolute atomic E-state index is 12.5. The quantitative estimate of drug-likeness (QED) is 0.680. The highest BCUT2D eigenvalue weighted by Gasteiger charge is 2.19. The molecular weight excluding hydrogens is 382 g/mol. The number of β-amino-alcohol motifs (C(OH)–C–C–N with tert-alkyl or cyclic N) is 1. The van der Waals surface area contributed by atoms with Crippen LogP contribution < -0.4 is 5.32 Å². The second kappa shape index (κ2) is 9.39. The molecule has 2 heterocycles. The van der Waals surface area contributed by atoms with Crippen molar-refractivity contribution in [2.45, 2.75) is 26.0 Å². The molecule has 152 valence electrons. The van der Waals surface area contributed by atoms with Crippen molar-refractivity contribution in [3.63, 3.8) is 0 Å². The number of hydrogen-bond acceptors (Lipinski definition) is 4. The Bertz CT molecular complexity index is 1010. The number of pyridine rings is 1. The molecule has 1 aliphatic rings. The van der Waals surface area contributed by atoms with Gasteiger partial charge in [-0.3, -0.25) is 14.7 Å². The van der Waals surface area contributed by atoms with Crippen molar-refractivity contribution in [2.75, 3.05) is 19.6 Å². The van der Waals surface area contributed by atoms with E-state index in [9.17, 15) is 9.90 Å². The zero-order valence-corrected chi connectivity index (χ0v) is 17.6. The molecule has 1 aromatic heterocycles. The lowest BCUT2D eigenvalue weighted by atomic mass is 10.00. The Labute approximate surface area is 178 Å². The first-order chi connectivity index (χ1) is 13.6. The summed E-state index contributed by atoms with van der Waals surface area (Å²) in [5.74, 6) is -0.175. The van der Waals surface area contributed by atoms with Crippen molar-refractivity contribution < 1.29 is 9.90 Å². The molecule has 0 saturated carbocycles. The molecule has 1 atom stereocenters. The Kier molecular flexibility index (Phi) is 6.90. The molecule has 6 heteroatoms. The minimum absolute atomic E-state index is 0. The molecule has 2 aromatic carbocycles. The van der Waals surface area contributed by atoms with E-state index in [0.29, 0.717) is 12.1 Å². The molecule has 29 heavy (non-hydrogen) atoms. The first-order valence-corrected chi connectivity index (χ1v) is 9.71. The normalized spacial score (nSPS) is 14.7.